The first-order valence-electron chi connectivity index (χ1n) is 5.60. The smallest absolute Gasteiger partial charge is 0.164 e. The summed E-state index contributed by atoms with van der Waals surface area (Å²) in [6.07, 6.45) is 0.846. The minimum atomic E-state index is -0.484. The molecular weight excluding hydrogens is 222 g/mol. The first-order chi connectivity index (χ1) is 8.26. The van der Waals surface area contributed by atoms with Crippen LogP contribution in [0, 0.1) is 0 Å². The van der Waals surface area contributed by atoms with Crippen LogP contribution in [-0.2, 0) is 0 Å². The van der Waals surface area contributed by atoms with Crippen LogP contribution in [0.25, 0.3) is 0 Å². The normalized spacial score (nSPS) is 16.2. The molecule has 94 valence electrons. The summed E-state index contributed by atoms with van der Waals surface area (Å²) in [6, 6.07) is 3.05. The third-order valence-electron chi connectivity index (χ3n) is 2.70. The van der Waals surface area contributed by atoms with Gasteiger partial charge < -0.3 is 25.1 Å². The number of rotatable bonds is 3. The summed E-state index contributed by atoms with van der Waals surface area (Å²) >= 11 is 0. The summed E-state index contributed by atoms with van der Waals surface area (Å²) in [7, 11) is 1.56. The molecule has 0 amide bonds. The van der Waals surface area contributed by atoms with Gasteiger partial charge in [0.2, 0.25) is 0 Å². The molecule has 0 saturated carbocycles. The molecule has 1 heterocycles. The molecule has 0 bridgehead atoms. The van der Waals surface area contributed by atoms with Crippen molar-refractivity contribution in [2.75, 3.05) is 26.9 Å². The Morgan fingerprint density at radius 3 is 2.59 bits per heavy atom. The highest BCUT2D eigenvalue weighted by molar-refractivity contribution is 5.52. The summed E-state index contributed by atoms with van der Waals surface area (Å²) < 4.78 is 16.4. The van der Waals surface area contributed by atoms with Gasteiger partial charge >= 0.3 is 0 Å². The average molecular weight is 239 g/mol. The van der Waals surface area contributed by atoms with Crippen molar-refractivity contribution in [1.82, 2.24) is 0 Å². The second-order valence-corrected chi connectivity index (χ2v) is 3.88. The molecule has 0 unspecified atom stereocenters. The number of aliphatic hydroxyl groups excluding tert-OH is 1. The number of fused-ring (bicyclic) bond motifs is 1. The molecular formula is C12H17NO4. The monoisotopic (exact) mass is 239 g/mol. The van der Waals surface area contributed by atoms with Gasteiger partial charge in [-0.3, -0.25) is 0 Å². The Labute approximate surface area is 100 Å². The number of nitrogens with two attached hydrogens (primary N) is 1. The molecule has 3 N–H and O–H groups in total. The molecule has 1 aliphatic heterocycles. The number of hydrogen-bond donors (Lipinski definition) is 2. The van der Waals surface area contributed by atoms with Crippen molar-refractivity contribution < 1.29 is 19.3 Å². The van der Waals surface area contributed by atoms with E-state index >= 15 is 0 Å². The fraction of sp³-hybridized carbons (Fsp3) is 0.500. The lowest BCUT2D eigenvalue weighted by Crippen LogP contribution is -2.15. The van der Waals surface area contributed by atoms with Crippen LogP contribution in [0.3, 0.4) is 0 Å². The number of methoxy groups -OCH3 is 1. The lowest BCUT2D eigenvalue weighted by Gasteiger charge is -2.17. The zero-order valence-electron chi connectivity index (χ0n) is 9.81. The third kappa shape index (κ3) is 2.45. The van der Waals surface area contributed by atoms with E-state index in [1.54, 1.807) is 19.2 Å². The van der Waals surface area contributed by atoms with Gasteiger partial charge in [0.1, 0.15) is 5.75 Å². The summed E-state index contributed by atoms with van der Waals surface area (Å²) in [5.74, 6) is 1.92. The number of ether oxygens (including phenoxy) is 3. The topological polar surface area (TPSA) is 73.9 Å². The van der Waals surface area contributed by atoms with E-state index in [4.69, 9.17) is 25.1 Å². The van der Waals surface area contributed by atoms with Crippen LogP contribution in [0.2, 0.25) is 0 Å². The highest BCUT2D eigenvalue weighted by Gasteiger charge is 2.18. The fourth-order valence-electron chi connectivity index (χ4n) is 1.77. The van der Waals surface area contributed by atoms with Gasteiger partial charge in [-0.25, -0.2) is 0 Å². The van der Waals surface area contributed by atoms with Crippen LogP contribution in [0.4, 0.5) is 0 Å². The zero-order chi connectivity index (χ0) is 12.3. The van der Waals surface area contributed by atoms with Crippen LogP contribution >= 0.6 is 0 Å². The van der Waals surface area contributed by atoms with Crippen molar-refractivity contribution in [1.29, 1.82) is 0 Å². The average Bonchev–Trinajstić information content (AvgIpc) is 2.60. The van der Waals surface area contributed by atoms with E-state index in [2.05, 4.69) is 0 Å². The van der Waals surface area contributed by atoms with Crippen molar-refractivity contribution in [3.05, 3.63) is 17.7 Å². The molecule has 0 aliphatic carbocycles. The lowest BCUT2D eigenvalue weighted by atomic mass is 10.1. The summed E-state index contributed by atoms with van der Waals surface area (Å²) in [4.78, 5) is 0. The van der Waals surface area contributed by atoms with E-state index < -0.39 is 6.04 Å². The highest BCUT2D eigenvalue weighted by atomic mass is 16.5. The van der Waals surface area contributed by atoms with Crippen molar-refractivity contribution >= 4 is 0 Å². The summed E-state index contributed by atoms with van der Waals surface area (Å²) in [5, 5.41) is 9.12. The Bertz CT molecular complexity index is 394. The van der Waals surface area contributed by atoms with Crippen molar-refractivity contribution in [3.8, 4) is 17.2 Å². The molecule has 0 aromatic heterocycles. The van der Waals surface area contributed by atoms with Crippen molar-refractivity contribution in [2.45, 2.75) is 12.5 Å². The molecule has 5 nitrogen and oxygen atoms in total. The first kappa shape index (κ1) is 12.0. The van der Waals surface area contributed by atoms with Crippen LogP contribution in [-0.4, -0.2) is 32.0 Å². The fourth-order valence-corrected chi connectivity index (χ4v) is 1.77. The Kier molecular flexibility index (Phi) is 3.71. The van der Waals surface area contributed by atoms with Gasteiger partial charge in [-0.2, -0.15) is 0 Å². The largest absolute Gasteiger partial charge is 0.496 e. The number of hydrogen-bond acceptors (Lipinski definition) is 5. The summed E-state index contributed by atoms with van der Waals surface area (Å²) in [6.45, 7) is 1.10. The van der Waals surface area contributed by atoms with Crippen LogP contribution < -0.4 is 19.9 Å². The van der Waals surface area contributed by atoms with Crippen LogP contribution in [0.5, 0.6) is 17.2 Å². The molecule has 1 aromatic rings. The molecule has 0 radical (unpaired) electrons. The molecule has 2 rings (SSSR count). The molecule has 1 aromatic carbocycles. The highest BCUT2D eigenvalue weighted by Crippen LogP contribution is 2.38. The second kappa shape index (κ2) is 5.25. The van der Waals surface area contributed by atoms with E-state index in [-0.39, 0.29) is 6.61 Å². The molecule has 0 fully saturated rings. The van der Waals surface area contributed by atoms with Gasteiger partial charge in [0.25, 0.3) is 0 Å². The van der Waals surface area contributed by atoms with Gasteiger partial charge in [-0.05, 0) is 6.07 Å². The van der Waals surface area contributed by atoms with Gasteiger partial charge in [0.15, 0.2) is 11.5 Å². The quantitative estimate of drug-likeness (QED) is 0.818. The number of aliphatic hydroxyl groups is 1. The van der Waals surface area contributed by atoms with E-state index in [1.807, 2.05) is 0 Å². The van der Waals surface area contributed by atoms with E-state index in [1.165, 1.54) is 0 Å². The van der Waals surface area contributed by atoms with E-state index in [0.717, 1.165) is 12.0 Å². The van der Waals surface area contributed by atoms with Crippen LogP contribution in [0.1, 0.15) is 18.0 Å². The van der Waals surface area contributed by atoms with Crippen LogP contribution in [0.15, 0.2) is 12.1 Å². The minimum Gasteiger partial charge on any atom is -0.496 e. The maximum absolute atomic E-state index is 9.12. The van der Waals surface area contributed by atoms with Gasteiger partial charge in [-0.15, -0.1) is 0 Å². The lowest BCUT2D eigenvalue weighted by molar-refractivity contribution is 0.263. The predicted molar refractivity (Wildman–Crippen MR) is 62.6 cm³/mol. The van der Waals surface area contributed by atoms with Gasteiger partial charge in [0.05, 0.1) is 33.0 Å². The molecule has 0 saturated heterocycles. The van der Waals surface area contributed by atoms with Crippen molar-refractivity contribution in [2.24, 2.45) is 5.73 Å². The zero-order valence-corrected chi connectivity index (χ0v) is 9.81. The molecule has 0 spiro atoms. The van der Waals surface area contributed by atoms with E-state index in [9.17, 15) is 0 Å². The Morgan fingerprint density at radius 2 is 2.00 bits per heavy atom. The Balaban J connectivity index is 2.42. The maximum Gasteiger partial charge on any atom is 0.164 e. The minimum absolute atomic E-state index is 0.143. The Morgan fingerprint density at radius 1 is 1.35 bits per heavy atom. The van der Waals surface area contributed by atoms with Crippen molar-refractivity contribution in [3.63, 3.8) is 0 Å². The SMILES string of the molecule is COc1cc2c(cc1[C@H](N)CO)OCCCO2. The van der Waals surface area contributed by atoms with Gasteiger partial charge in [-0.1, -0.05) is 0 Å². The maximum atomic E-state index is 9.12. The molecule has 17 heavy (non-hydrogen) atoms. The molecule has 1 atom stereocenters. The van der Waals surface area contributed by atoms with Gasteiger partial charge in [0, 0.05) is 18.1 Å². The molecule has 5 heteroatoms. The summed E-state index contributed by atoms with van der Waals surface area (Å²) in [5.41, 5.74) is 6.54. The predicted octanol–water partition coefficient (Wildman–Crippen LogP) is 0.849. The third-order valence-corrected chi connectivity index (χ3v) is 2.70. The van der Waals surface area contributed by atoms with E-state index in [0.29, 0.717) is 30.5 Å². The second-order valence-electron chi connectivity index (χ2n) is 3.88. The number of benzene rings is 1. The Hall–Kier alpha value is -1.46. The molecule has 1 aliphatic rings. The standard InChI is InChI=1S/C12H17NO4/c1-15-10-6-12-11(16-3-2-4-17-12)5-8(10)9(13)7-14/h5-6,9,14H,2-4,7,13H2,1H3/t9-/m1/s1. The first-order valence-corrected chi connectivity index (χ1v) is 5.60.